The van der Waals surface area contributed by atoms with Crippen molar-refractivity contribution in [3.63, 3.8) is 0 Å². The molecule has 2 heterocycles. The molecule has 0 aromatic carbocycles. The molecule has 1 unspecified atom stereocenters. The molecule has 130 valence electrons. The van der Waals surface area contributed by atoms with E-state index in [0.29, 0.717) is 38.6 Å². The van der Waals surface area contributed by atoms with Crippen LogP contribution < -0.4 is 0 Å². The van der Waals surface area contributed by atoms with E-state index in [1.807, 2.05) is 9.80 Å². The van der Waals surface area contributed by atoms with Gasteiger partial charge in [0.15, 0.2) is 0 Å². The van der Waals surface area contributed by atoms with Crippen molar-refractivity contribution in [2.45, 2.75) is 45.3 Å². The van der Waals surface area contributed by atoms with Gasteiger partial charge >= 0.3 is 0 Å². The molecule has 23 heavy (non-hydrogen) atoms. The van der Waals surface area contributed by atoms with Crippen LogP contribution in [0.5, 0.6) is 0 Å². The van der Waals surface area contributed by atoms with Crippen LogP contribution in [0.3, 0.4) is 0 Å². The maximum atomic E-state index is 12.5. The number of nitrogens with zero attached hydrogens (tertiary/aromatic N) is 3. The van der Waals surface area contributed by atoms with Gasteiger partial charge in [-0.05, 0) is 33.6 Å². The molecule has 1 saturated carbocycles. The number of rotatable bonds is 3. The van der Waals surface area contributed by atoms with Crippen molar-refractivity contribution in [2.24, 2.45) is 5.92 Å². The van der Waals surface area contributed by atoms with Gasteiger partial charge in [-0.1, -0.05) is 0 Å². The second-order valence-electron chi connectivity index (χ2n) is 7.84. The van der Waals surface area contributed by atoms with Crippen molar-refractivity contribution in [3.05, 3.63) is 0 Å². The number of hydrogen-bond acceptors (Lipinski definition) is 4. The Labute approximate surface area is 138 Å². The predicted molar refractivity (Wildman–Crippen MR) is 87.0 cm³/mol. The first-order valence-electron chi connectivity index (χ1n) is 8.81. The first-order chi connectivity index (χ1) is 10.8. The highest BCUT2D eigenvalue weighted by molar-refractivity contribution is 5.82. The van der Waals surface area contributed by atoms with Gasteiger partial charge < -0.3 is 14.5 Å². The number of amides is 2. The fourth-order valence-electron chi connectivity index (χ4n) is 3.76. The van der Waals surface area contributed by atoms with Crippen molar-refractivity contribution < 1.29 is 14.3 Å². The van der Waals surface area contributed by atoms with E-state index in [4.69, 9.17) is 4.74 Å². The highest BCUT2D eigenvalue weighted by Gasteiger charge is 2.36. The zero-order chi connectivity index (χ0) is 16.6. The lowest BCUT2D eigenvalue weighted by molar-refractivity contribution is -0.149. The van der Waals surface area contributed by atoms with E-state index in [2.05, 4.69) is 25.7 Å². The molecule has 0 radical (unpaired) electrons. The van der Waals surface area contributed by atoms with Crippen LogP contribution in [-0.4, -0.2) is 84.0 Å². The molecule has 0 N–H and O–H groups in total. The Morgan fingerprint density at radius 1 is 1.09 bits per heavy atom. The average molecular weight is 323 g/mol. The maximum Gasteiger partial charge on any atom is 0.236 e. The second-order valence-corrected chi connectivity index (χ2v) is 7.84. The van der Waals surface area contributed by atoms with Crippen LogP contribution in [0.1, 0.15) is 33.6 Å². The number of piperazine rings is 1. The largest absolute Gasteiger partial charge is 0.370 e. The summed E-state index contributed by atoms with van der Waals surface area (Å²) in [6, 6.07) is 0. The molecule has 3 fully saturated rings. The normalized spacial score (nSPS) is 28.7. The molecule has 6 nitrogen and oxygen atoms in total. The van der Waals surface area contributed by atoms with Crippen LogP contribution in [0.25, 0.3) is 0 Å². The summed E-state index contributed by atoms with van der Waals surface area (Å²) in [5.74, 6) is 0.739. The Morgan fingerprint density at radius 2 is 1.70 bits per heavy atom. The quantitative estimate of drug-likeness (QED) is 0.762. The van der Waals surface area contributed by atoms with Gasteiger partial charge in [-0.15, -0.1) is 0 Å². The molecule has 3 rings (SSSR count). The van der Waals surface area contributed by atoms with Crippen LogP contribution in [0.2, 0.25) is 0 Å². The number of morpholine rings is 1. The first-order valence-corrected chi connectivity index (χ1v) is 8.81. The SMILES string of the molecule is CC1CN(CC(=O)N2CCN(C(=O)C3CC3)CC2)CC(C)(C)O1. The third-order valence-electron chi connectivity index (χ3n) is 4.87. The van der Waals surface area contributed by atoms with Crippen molar-refractivity contribution in [1.29, 1.82) is 0 Å². The van der Waals surface area contributed by atoms with E-state index in [1.165, 1.54) is 0 Å². The molecule has 3 aliphatic rings. The lowest BCUT2D eigenvalue weighted by Gasteiger charge is -2.42. The topological polar surface area (TPSA) is 53.1 Å². The second kappa shape index (κ2) is 6.40. The monoisotopic (exact) mass is 323 g/mol. The Hall–Kier alpha value is -1.14. The van der Waals surface area contributed by atoms with E-state index in [-0.39, 0.29) is 23.5 Å². The van der Waals surface area contributed by atoms with Crippen LogP contribution >= 0.6 is 0 Å². The van der Waals surface area contributed by atoms with Crippen molar-refractivity contribution in [3.8, 4) is 0 Å². The number of carbonyl (C=O) groups is 2. The molecule has 2 saturated heterocycles. The molecule has 0 bridgehead atoms. The summed E-state index contributed by atoms with van der Waals surface area (Å²) in [6.07, 6.45) is 2.24. The minimum Gasteiger partial charge on any atom is -0.370 e. The summed E-state index contributed by atoms with van der Waals surface area (Å²) in [5.41, 5.74) is -0.201. The van der Waals surface area contributed by atoms with E-state index in [9.17, 15) is 9.59 Å². The Balaban J connectivity index is 1.46. The molecule has 2 amide bonds. The van der Waals surface area contributed by atoms with Crippen molar-refractivity contribution in [2.75, 3.05) is 45.8 Å². The minimum atomic E-state index is -0.201. The summed E-state index contributed by atoms with van der Waals surface area (Å²) < 4.78 is 5.89. The third-order valence-corrected chi connectivity index (χ3v) is 4.87. The zero-order valence-electron chi connectivity index (χ0n) is 14.6. The highest BCUT2D eigenvalue weighted by Crippen LogP contribution is 2.31. The fourth-order valence-corrected chi connectivity index (χ4v) is 3.76. The molecular formula is C17H29N3O3. The maximum absolute atomic E-state index is 12.5. The first kappa shape index (κ1) is 16.7. The average Bonchev–Trinajstić information content (AvgIpc) is 3.29. The molecule has 2 aliphatic heterocycles. The van der Waals surface area contributed by atoms with E-state index in [1.54, 1.807) is 0 Å². The van der Waals surface area contributed by atoms with Crippen LogP contribution in [0.4, 0.5) is 0 Å². The Morgan fingerprint density at radius 3 is 2.26 bits per heavy atom. The van der Waals surface area contributed by atoms with Crippen molar-refractivity contribution in [1.82, 2.24) is 14.7 Å². The minimum absolute atomic E-state index is 0.152. The number of carbonyl (C=O) groups excluding carboxylic acids is 2. The van der Waals surface area contributed by atoms with E-state index < -0.39 is 0 Å². The number of ether oxygens (including phenoxy) is 1. The van der Waals surface area contributed by atoms with Gasteiger partial charge in [0, 0.05) is 45.2 Å². The Bertz CT molecular complexity index is 468. The molecule has 1 aliphatic carbocycles. The van der Waals surface area contributed by atoms with Gasteiger partial charge in [0.05, 0.1) is 18.2 Å². The van der Waals surface area contributed by atoms with Gasteiger partial charge in [-0.25, -0.2) is 0 Å². The molecular weight excluding hydrogens is 294 g/mol. The molecule has 0 aromatic heterocycles. The summed E-state index contributed by atoms with van der Waals surface area (Å²) >= 11 is 0. The summed E-state index contributed by atoms with van der Waals surface area (Å²) in [5, 5.41) is 0. The molecule has 6 heteroatoms. The summed E-state index contributed by atoms with van der Waals surface area (Å²) in [6.45, 7) is 10.9. The summed E-state index contributed by atoms with van der Waals surface area (Å²) in [4.78, 5) is 30.6. The lowest BCUT2D eigenvalue weighted by Crippen LogP contribution is -2.56. The van der Waals surface area contributed by atoms with Crippen LogP contribution in [0, 0.1) is 5.92 Å². The third kappa shape index (κ3) is 4.23. The van der Waals surface area contributed by atoms with E-state index >= 15 is 0 Å². The summed E-state index contributed by atoms with van der Waals surface area (Å²) in [7, 11) is 0. The lowest BCUT2D eigenvalue weighted by atomic mass is 10.1. The van der Waals surface area contributed by atoms with Gasteiger partial charge in [0.2, 0.25) is 11.8 Å². The molecule has 1 atom stereocenters. The molecule has 0 spiro atoms. The molecule has 0 aromatic rings. The van der Waals surface area contributed by atoms with Gasteiger partial charge in [0.1, 0.15) is 0 Å². The number of hydrogen-bond donors (Lipinski definition) is 0. The van der Waals surface area contributed by atoms with Gasteiger partial charge in [0.25, 0.3) is 0 Å². The van der Waals surface area contributed by atoms with Gasteiger partial charge in [-0.2, -0.15) is 0 Å². The van der Waals surface area contributed by atoms with E-state index in [0.717, 1.165) is 25.9 Å². The zero-order valence-corrected chi connectivity index (χ0v) is 14.6. The standard InChI is InChI=1S/C17H29N3O3/c1-13-10-18(12-17(2,3)23-13)11-15(21)19-6-8-20(9-7-19)16(22)14-4-5-14/h13-14H,4-12H2,1-3H3. The smallest absolute Gasteiger partial charge is 0.236 e. The van der Waals surface area contributed by atoms with Crippen molar-refractivity contribution >= 4 is 11.8 Å². The van der Waals surface area contributed by atoms with Crippen LogP contribution in [-0.2, 0) is 14.3 Å². The van der Waals surface area contributed by atoms with Crippen LogP contribution in [0.15, 0.2) is 0 Å². The van der Waals surface area contributed by atoms with Gasteiger partial charge in [-0.3, -0.25) is 14.5 Å². The fraction of sp³-hybridized carbons (Fsp3) is 0.882. The predicted octanol–water partition coefficient (Wildman–Crippen LogP) is 0.567. The Kier molecular flexibility index (Phi) is 4.65. The highest BCUT2D eigenvalue weighted by atomic mass is 16.5.